The number of nitrogens with one attached hydrogen (secondary N) is 2. The average Bonchev–Trinajstić information content (AvgIpc) is 3.18. The van der Waals surface area contributed by atoms with Gasteiger partial charge >= 0.3 is 0 Å². The summed E-state index contributed by atoms with van der Waals surface area (Å²) < 4.78 is 5.55. The van der Waals surface area contributed by atoms with Crippen molar-refractivity contribution in [2.24, 2.45) is 0 Å². The maximum atomic E-state index is 12.3. The van der Waals surface area contributed by atoms with E-state index in [9.17, 15) is 4.79 Å². The molecule has 2 N–H and O–H groups in total. The monoisotopic (exact) mass is 338 g/mol. The fraction of sp³-hybridized carbons (Fsp3) is 0.381. The number of hydrogen-bond acceptors (Lipinski definition) is 3. The fourth-order valence-electron chi connectivity index (χ4n) is 3.13. The number of benzene rings is 2. The fourth-order valence-corrected chi connectivity index (χ4v) is 3.13. The normalized spacial score (nSPS) is 16.6. The third-order valence-electron chi connectivity index (χ3n) is 4.58. The standard InChI is InChI=1S/C21H26N2O2/c1-2-17-8-3-4-11-20(17)22-14-16-7-5-9-18(13-16)21(24)23-15-19-10-6-12-25-19/h3-5,7-9,11,13,19,22H,2,6,10,12,14-15H2,1H3,(H,23,24). The topological polar surface area (TPSA) is 50.4 Å². The van der Waals surface area contributed by atoms with Crippen LogP contribution >= 0.6 is 0 Å². The van der Waals surface area contributed by atoms with Crippen LogP contribution in [0.4, 0.5) is 5.69 Å². The molecule has 2 aromatic carbocycles. The summed E-state index contributed by atoms with van der Waals surface area (Å²) in [5.41, 5.74) is 4.24. The zero-order chi connectivity index (χ0) is 17.5. The molecule has 25 heavy (non-hydrogen) atoms. The molecule has 1 aliphatic heterocycles. The molecule has 0 aliphatic carbocycles. The molecule has 0 aromatic heterocycles. The lowest BCUT2D eigenvalue weighted by Gasteiger charge is -2.13. The van der Waals surface area contributed by atoms with E-state index in [4.69, 9.17) is 4.74 Å². The van der Waals surface area contributed by atoms with Crippen molar-refractivity contribution >= 4 is 11.6 Å². The Morgan fingerprint density at radius 1 is 1.20 bits per heavy atom. The molecule has 1 heterocycles. The first-order valence-corrected chi connectivity index (χ1v) is 9.07. The maximum absolute atomic E-state index is 12.3. The van der Waals surface area contributed by atoms with Crippen LogP contribution in [0, 0.1) is 0 Å². The lowest BCUT2D eigenvalue weighted by Crippen LogP contribution is -2.31. The van der Waals surface area contributed by atoms with Gasteiger partial charge in [-0.25, -0.2) is 0 Å². The smallest absolute Gasteiger partial charge is 0.251 e. The van der Waals surface area contributed by atoms with Crippen molar-refractivity contribution in [3.63, 3.8) is 0 Å². The average molecular weight is 338 g/mol. The van der Waals surface area contributed by atoms with E-state index >= 15 is 0 Å². The first-order valence-electron chi connectivity index (χ1n) is 9.07. The van der Waals surface area contributed by atoms with E-state index in [1.54, 1.807) is 0 Å². The van der Waals surface area contributed by atoms with Crippen LogP contribution in [0.2, 0.25) is 0 Å². The third kappa shape index (κ3) is 4.83. The van der Waals surface area contributed by atoms with Gasteiger partial charge in [0.05, 0.1) is 6.10 Å². The second-order valence-electron chi connectivity index (χ2n) is 6.41. The first-order chi connectivity index (χ1) is 12.3. The van der Waals surface area contributed by atoms with Crippen molar-refractivity contribution in [2.75, 3.05) is 18.5 Å². The highest BCUT2D eigenvalue weighted by atomic mass is 16.5. The van der Waals surface area contributed by atoms with Crippen molar-refractivity contribution in [1.29, 1.82) is 0 Å². The van der Waals surface area contributed by atoms with E-state index in [0.29, 0.717) is 18.7 Å². The van der Waals surface area contributed by atoms with E-state index in [1.807, 2.05) is 30.3 Å². The second-order valence-corrected chi connectivity index (χ2v) is 6.41. The van der Waals surface area contributed by atoms with E-state index in [-0.39, 0.29) is 12.0 Å². The lowest BCUT2D eigenvalue weighted by molar-refractivity contribution is 0.0857. The zero-order valence-corrected chi connectivity index (χ0v) is 14.8. The highest BCUT2D eigenvalue weighted by Crippen LogP contribution is 2.17. The van der Waals surface area contributed by atoms with E-state index in [2.05, 4.69) is 35.8 Å². The van der Waals surface area contributed by atoms with Gasteiger partial charge in [0, 0.05) is 30.9 Å². The molecule has 2 aromatic rings. The minimum absolute atomic E-state index is 0.0358. The molecule has 1 saturated heterocycles. The number of amides is 1. The Bertz CT molecular complexity index is 709. The van der Waals surface area contributed by atoms with Crippen molar-refractivity contribution in [3.05, 3.63) is 65.2 Å². The van der Waals surface area contributed by atoms with Crippen molar-refractivity contribution in [3.8, 4) is 0 Å². The number of para-hydroxylation sites is 1. The highest BCUT2D eigenvalue weighted by Gasteiger charge is 2.16. The summed E-state index contributed by atoms with van der Waals surface area (Å²) in [7, 11) is 0. The Morgan fingerprint density at radius 2 is 2.08 bits per heavy atom. The molecular formula is C21H26N2O2. The van der Waals surface area contributed by atoms with Gasteiger partial charge in [0.25, 0.3) is 5.91 Å². The second kappa shape index (κ2) is 8.67. The number of anilines is 1. The summed E-state index contributed by atoms with van der Waals surface area (Å²) >= 11 is 0. The number of aryl methyl sites for hydroxylation is 1. The molecule has 0 radical (unpaired) electrons. The van der Waals surface area contributed by atoms with E-state index < -0.39 is 0 Å². The number of ether oxygens (including phenoxy) is 1. The largest absolute Gasteiger partial charge is 0.381 e. The van der Waals surface area contributed by atoms with Crippen LogP contribution in [0.25, 0.3) is 0 Å². The number of carbonyl (C=O) groups is 1. The van der Waals surface area contributed by atoms with Gasteiger partial charge in [-0.3, -0.25) is 4.79 Å². The van der Waals surface area contributed by atoms with Crippen molar-refractivity contribution in [1.82, 2.24) is 5.32 Å². The van der Waals surface area contributed by atoms with Gasteiger partial charge in [-0.2, -0.15) is 0 Å². The van der Waals surface area contributed by atoms with Gasteiger partial charge < -0.3 is 15.4 Å². The third-order valence-corrected chi connectivity index (χ3v) is 4.58. The molecule has 0 saturated carbocycles. The van der Waals surface area contributed by atoms with E-state index in [0.717, 1.165) is 37.1 Å². The summed E-state index contributed by atoms with van der Waals surface area (Å²) in [6.07, 6.45) is 3.27. The van der Waals surface area contributed by atoms with Crippen molar-refractivity contribution < 1.29 is 9.53 Å². The predicted molar refractivity (Wildman–Crippen MR) is 101 cm³/mol. The van der Waals surface area contributed by atoms with Crippen LogP contribution in [0.15, 0.2) is 48.5 Å². The summed E-state index contributed by atoms with van der Waals surface area (Å²) in [6.45, 7) is 4.25. The Labute approximate surface area is 149 Å². The number of hydrogen-bond donors (Lipinski definition) is 2. The molecule has 1 aliphatic rings. The van der Waals surface area contributed by atoms with Gasteiger partial charge in [-0.1, -0.05) is 37.3 Å². The minimum atomic E-state index is -0.0358. The summed E-state index contributed by atoms with van der Waals surface area (Å²) in [6, 6.07) is 16.1. The Morgan fingerprint density at radius 3 is 2.88 bits per heavy atom. The first kappa shape index (κ1) is 17.5. The van der Waals surface area contributed by atoms with Crippen LogP contribution in [0.1, 0.15) is 41.3 Å². The molecule has 132 valence electrons. The van der Waals surface area contributed by atoms with Gasteiger partial charge in [0.2, 0.25) is 0 Å². The Hall–Kier alpha value is -2.33. The van der Waals surface area contributed by atoms with Crippen LogP contribution in [-0.2, 0) is 17.7 Å². The van der Waals surface area contributed by atoms with Gasteiger partial charge in [-0.05, 0) is 48.6 Å². The van der Waals surface area contributed by atoms with Crippen LogP contribution < -0.4 is 10.6 Å². The Kier molecular flexibility index (Phi) is 6.07. The molecular weight excluding hydrogens is 312 g/mol. The molecule has 4 nitrogen and oxygen atoms in total. The summed E-state index contributed by atoms with van der Waals surface area (Å²) in [5, 5.41) is 6.45. The zero-order valence-electron chi connectivity index (χ0n) is 14.8. The van der Waals surface area contributed by atoms with E-state index in [1.165, 1.54) is 5.56 Å². The van der Waals surface area contributed by atoms with Crippen LogP contribution in [0.3, 0.4) is 0 Å². The van der Waals surface area contributed by atoms with Gasteiger partial charge in [-0.15, -0.1) is 0 Å². The molecule has 0 bridgehead atoms. The molecule has 0 spiro atoms. The van der Waals surface area contributed by atoms with Crippen LogP contribution in [-0.4, -0.2) is 25.2 Å². The molecule has 4 heteroatoms. The minimum Gasteiger partial charge on any atom is -0.381 e. The molecule has 1 amide bonds. The predicted octanol–water partition coefficient (Wildman–Crippen LogP) is 3.77. The molecule has 1 unspecified atom stereocenters. The van der Waals surface area contributed by atoms with Crippen LogP contribution in [0.5, 0.6) is 0 Å². The molecule has 1 atom stereocenters. The molecule has 3 rings (SSSR count). The number of rotatable bonds is 7. The lowest BCUT2D eigenvalue weighted by atomic mass is 10.1. The van der Waals surface area contributed by atoms with Gasteiger partial charge in [0.15, 0.2) is 0 Å². The summed E-state index contributed by atoms with van der Waals surface area (Å²) in [4.78, 5) is 12.3. The van der Waals surface area contributed by atoms with Gasteiger partial charge in [0.1, 0.15) is 0 Å². The SMILES string of the molecule is CCc1ccccc1NCc1cccc(C(=O)NCC2CCCO2)c1. The quantitative estimate of drug-likeness (QED) is 0.808. The Balaban J connectivity index is 1.58. The number of carbonyl (C=O) groups excluding carboxylic acids is 1. The summed E-state index contributed by atoms with van der Waals surface area (Å²) in [5.74, 6) is -0.0358. The van der Waals surface area contributed by atoms with Crippen molar-refractivity contribution in [2.45, 2.75) is 38.8 Å². The molecule has 1 fully saturated rings. The maximum Gasteiger partial charge on any atom is 0.251 e. The highest BCUT2D eigenvalue weighted by molar-refractivity contribution is 5.94.